The molecule has 0 saturated carbocycles. The van der Waals surface area contributed by atoms with E-state index in [1.807, 2.05) is 6.92 Å². The molecule has 0 radical (unpaired) electrons. The van der Waals surface area contributed by atoms with Gasteiger partial charge in [-0.3, -0.25) is 0 Å². The summed E-state index contributed by atoms with van der Waals surface area (Å²) >= 11 is 0. The highest BCUT2D eigenvalue weighted by molar-refractivity contribution is 5.22. The average molecular weight is 207 g/mol. The Kier molecular flexibility index (Phi) is 5.37. The molecule has 0 aliphatic heterocycles. The lowest BCUT2D eigenvalue weighted by atomic mass is 10.1. The molecule has 0 spiro atoms. The molecule has 1 aromatic rings. The summed E-state index contributed by atoms with van der Waals surface area (Å²) in [6, 6.07) is 8.55. The fraction of sp³-hybridized carbons (Fsp3) is 0.538. The molecule has 0 saturated heterocycles. The first kappa shape index (κ1) is 12.2. The standard InChI is InChI=1S/C13H21NO/c1-3-13(15)10-14-8-7-12-6-4-5-11(2)9-12/h4-6,9,13-15H,3,7-8,10H2,1-2H3. The van der Waals surface area contributed by atoms with E-state index in [0.29, 0.717) is 6.54 Å². The lowest BCUT2D eigenvalue weighted by Gasteiger charge is -2.09. The first-order valence-electron chi connectivity index (χ1n) is 5.66. The van der Waals surface area contributed by atoms with Crippen LogP contribution < -0.4 is 5.32 Å². The van der Waals surface area contributed by atoms with Gasteiger partial charge in [-0.1, -0.05) is 36.8 Å². The number of aliphatic hydroxyl groups excluding tert-OH is 1. The molecule has 1 aromatic carbocycles. The minimum atomic E-state index is -0.206. The Balaban J connectivity index is 2.20. The van der Waals surface area contributed by atoms with Gasteiger partial charge in [0.1, 0.15) is 0 Å². The number of aliphatic hydroxyl groups is 1. The molecular formula is C13H21NO. The lowest BCUT2D eigenvalue weighted by Crippen LogP contribution is -2.27. The Morgan fingerprint density at radius 1 is 1.40 bits per heavy atom. The molecule has 0 amide bonds. The largest absolute Gasteiger partial charge is 0.392 e. The normalized spacial score (nSPS) is 12.7. The summed E-state index contributed by atoms with van der Waals surface area (Å²) in [5.41, 5.74) is 2.66. The van der Waals surface area contributed by atoms with Gasteiger partial charge in [-0.05, 0) is 31.9 Å². The summed E-state index contributed by atoms with van der Waals surface area (Å²) in [5, 5.41) is 12.6. The van der Waals surface area contributed by atoms with Crippen molar-refractivity contribution in [1.82, 2.24) is 5.32 Å². The van der Waals surface area contributed by atoms with Crippen LogP contribution in [0.1, 0.15) is 24.5 Å². The van der Waals surface area contributed by atoms with Crippen molar-refractivity contribution >= 4 is 0 Å². The topological polar surface area (TPSA) is 32.3 Å². The molecule has 1 atom stereocenters. The summed E-state index contributed by atoms with van der Waals surface area (Å²) in [7, 11) is 0. The number of nitrogens with one attached hydrogen (secondary N) is 1. The molecule has 2 nitrogen and oxygen atoms in total. The van der Waals surface area contributed by atoms with Gasteiger partial charge in [-0.15, -0.1) is 0 Å². The van der Waals surface area contributed by atoms with Crippen molar-refractivity contribution < 1.29 is 5.11 Å². The predicted molar refractivity (Wildman–Crippen MR) is 64.1 cm³/mol. The van der Waals surface area contributed by atoms with Crippen molar-refractivity contribution in [3.05, 3.63) is 35.4 Å². The van der Waals surface area contributed by atoms with Crippen LogP contribution in [-0.2, 0) is 6.42 Å². The molecule has 2 N–H and O–H groups in total. The minimum Gasteiger partial charge on any atom is -0.392 e. The van der Waals surface area contributed by atoms with Crippen molar-refractivity contribution in [2.24, 2.45) is 0 Å². The highest BCUT2D eigenvalue weighted by Crippen LogP contribution is 2.03. The van der Waals surface area contributed by atoms with Crippen LogP contribution in [0.15, 0.2) is 24.3 Å². The second-order valence-corrected chi connectivity index (χ2v) is 4.01. The van der Waals surface area contributed by atoms with Crippen LogP contribution in [0.4, 0.5) is 0 Å². The molecule has 84 valence electrons. The second-order valence-electron chi connectivity index (χ2n) is 4.01. The number of benzene rings is 1. The van der Waals surface area contributed by atoms with Crippen LogP contribution in [0, 0.1) is 6.92 Å². The molecule has 0 bridgehead atoms. The van der Waals surface area contributed by atoms with Crippen LogP contribution in [-0.4, -0.2) is 24.3 Å². The van der Waals surface area contributed by atoms with Crippen LogP contribution in [0.25, 0.3) is 0 Å². The van der Waals surface area contributed by atoms with Crippen molar-refractivity contribution in [2.75, 3.05) is 13.1 Å². The molecule has 1 unspecified atom stereocenters. The highest BCUT2D eigenvalue weighted by atomic mass is 16.3. The SMILES string of the molecule is CCC(O)CNCCc1cccc(C)c1. The zero-order valence-electron chi connectivity index (χ0n) is 9.66. The smallest absolute Gasteiger partial charge is 0.0662 e. The fourth-order valence-electron chi connectivity index (χ4n) is 1.51. The molecular weight excluding hydrogens is 186 g/mol. The third-order valence-corrected chi connectivity index (χ3v) is 2.52. The Labute approximate surface area is 92.3 Å². The Bertz CT molecular complexity index is 286. The molecule has 0 aromatic heterocycles. The Hall–Kier alpha value is -0.860. The first-order chi connectivity index (χ1) is 7.22. The third-order valence-electron chi connectivity index (χ3n) is 2.52. The Morgan fingerprint density at radius 3 is 2.87 bits per heavy atom. The highest BCUT2D eigenvalue weighted by Gasteiger charge is 1.99. The van der Waals surface area contributed by atoms with Gasteiger partial charge in [0.2, 0.25) is 0 Å². The van der Waals surface area contributed by atoms with E-state index in [1.54, 1.807) is 0 Å². The van der Waals surface area contributed by atoms with Crippen LogP contribution >= 0.6 is 0 Å². The number of hydrogen-bond donors (Lipinski definition) is 2. The maximum absolute atomic E-state index is 9.34. The number of aryl methyl sites for hydroxylation is 1. The molecule has 15 heavy (non-hydrogen) atoms. The fourth-order valence-corrected chi connectivity index (χ4v) is 1.51. The van der Waals surface area contributed by atoms with E-state index in [4.69, 9.17) is 0 Å². The van der Waals surface area contributed by atoms with Gasteiger partial charge in [-0.2, -0.15) is 0 Å². The van der Waals surface area contributed by atoms with Crippen molar-refractivity contribution in [1.29, 1.82) is 0 Å². The zero-order valence-corrected chi connectivity index (χ0v) is 9.66. The Morgan fingerprint density at radius 2 is 2.20 bits per heavy atom. The van der Waals surface area contributed by atoms with Crippen molar-refractivity contribution in [2.45, 2.75) is 32.8 Å². The molecule has 0 aliphatic carbocycles. The summed E-state index contributed by atoms with van der Waals surface area (Å²) in [4.78, 5) is 0. The number of rotatable bonds is 6. The van der Waals surface area contributed by atoms with Gasteiger partial charge in [-0.25, -0.2) is 0 Å². The average Bonchev–Trinajstić information content (AvgIpc) is 2.24. The van der Waals surface area contributed by atoms with E-state index >= 15 is 0 Å². The summed E-state index contributed by atoms with van der Waals surface area (Å²) in [5.74, 6) is 0. The van der Waals surface area contributed by atoms with E-state index in [1.165, 1.54) is 11.1 Å². The van der Waals surface area contributed by atoms with Gasteiger partial charge in [0.15, 0.2) is 0 Å². The van der Waals surface area contributed by atoms with Crippen LogP contribution in [0.5, 0.6) is 0 Å². The van der Waals surface area contributed by atoms with Gasteiger partial charge < -0.3 is 10.4 Å². The maximum Gasteiger partial charge on any atom is 0.0662 e. The predicted octanol–water partition coefficient (Wildman–Crippen LogP) is 1.90. The van der Waals surface area contributed by atoms with E-state index in [2.05, 4.69) is 36.5 Å². The quantitative estimate of drug-likeness (QED) is 0.698. The van der Waals surface area contributed by atoms with Crippen molar-refractivity contribution in [3.8, 4) is 0 Å². The molecule has 0 heterocycles. The molecule has 2 heteroatoms. The van der Waals surface area contributed by atoms with Gasteiger partial charge in [0.05, 0.1) is 6.10 Å². The van der Waals surface area contributed by atoms with Gasteiger partial charge in [0.25, 0.3) is 0 Å². The number of hydrogen-bond acceptors (Lipinski definition) is 2. The van der Waals surface area contributed by atoms with E-state index in [9.17, 15) is 5.11 Å². The monoisotopic (exact) mass is 207 g/mol. The molecule has 0 fully saturated rings. The molecule has 0 aliphatic rings. The second kappa shape index (κ2) is 6.59. The summed E-state index contributed by atoms with van der Waals surface area (Å²) in [6.45, 7) is 5.73. The van der Waals surface area contributed by atoms with Gasteiger partial charge >= 0.3 is 0 Å². The first-order valence-corrected chi connectivity index (χ1v) is 5.66. The van der Waals surface area contributed by atoms with E-state index < -0.39 is 0 Å². The van der Waals surface area contributed by atoms with E-state index in [-0.39, 0.29) is 6.10 Å². The van der Waals surface area contributed by atoms with Gasteiger partial charge in [0, 0.05) is 6.54 Å². The van der Waals surface area contributed by atoms with E-state index in [0.717, 1.165) is 19.4 Å². The summed E-state index contributed by atoms with van der Waals surface area (Å²) in [6.07, 6.45) is 1.64. The van der Waals surface area contributed by atoms with Crippen LogP contribution in [0.3, 0.4) is 0 Å². The minimum absolute atomic E-state index is 0.206. The third kappa shape index (κ3) is 4.96. The zero-order chi connectivity index (χ0) is 11.1. The lowest BCUT2D eigenvalue weighted by molar-refractivity contribution is 0.168. The summed E-state index contributed by atoms with van der Waals surface area (Å²) < 4.78 is 0. The molecule has 1 rings (SSSR count). The van der Waals surface area contributed by atoms with Crippen LogP contribution in [0.2, 0.25) is 0 Å². The van der Waals surface area contributed by atoms with Crippen molar-refractivity contribution in [3.63, 3.8) is 0 Å². The maximum atomic E-state index is 9.34.